The van der Waals surface area contributed by atoms with Crippen LogP contribution in [0.3, 0.4) is 0 Å². The van der Waals surface area contributed by atoms with Crippen LogP contribution in [0.15, 0.2) is 27.9 Å². The molecule has 0 aliphatic heterocycles. The van der Waals surface area contributed by atoms with Crippen LogP contribution in [0.25, 0.3) is 0 Å². The zero-order valence-corrected chi connectivity index (χ0v) is 14.4. The van der Waals surface area contributed by atoms with Gasteiger partial charge in [0, 0.05) is 36.2 Å². The molecule has 2 rings (SSSR count). The number of rotatable bonds is 6. The van der Waals surface area contributed by atoms with Crippen molar-refractivity contribution < 1.29 is 0 Å². The van der Waals surface area contributed by atoms with Gasteiger partial charge in [-0.25, -0.2) is 4.98 Å². The van der Waals surface area contributed by atoms with Crippen LogP contribution < -0.4 is 10.6 Å². The van der Waals surface area contributed by atoms with Gasteiger partial charge in [0.2, 0.25) is 0 Å². The second-order valence-corrected chi connectivity index (χ2v) is 6.94. The van der Waals surface area contributed by atoms with E-state index in [0.717, 1.165) is 31.2 Å². The molecule has 0 spiro atoms. The molecule has 0 saturated heterocycles. The highest BCUT2D eigenvalue weighted by molar-refractivity contribution is 7.10. The minimum atomic E-state index is 0.511. The van der Waals surface area contributed by atoms with E-state index < -0.39 is 0 Å². The van der Waals surface area contributed by atoms with E-state index in [4.69, 9.17) is 0 Å². The first kappa shape index (κ1) is 16.0. The molecule has 2 heterocycles. The fourth-order valence-electron chi connectivity index (χ4n) is 1.82. The van der Waals surface area contributed by atoms with E-state index in [9.17, 15) is 0 Å². The van der Waals surface area contributed by atoms with Crippen molar-refractivity contribution in [3.8, 4) is 0 Å². The van der Waals surface area contributed by atoms with E-state index in [0.29, 0.717) is 5.92 Å². The van der Waals surface area contributed by atoms with Crippen LogP contribution >= 0.6 is 22.7 Å². The van der Waals surface area contributed by atoms with Crippen molar-refractivity contribution in [2.45, 2.75) is 32.7 Å². The lowest BCUT2D eigenvalue weighted by molar-refractivity contribution is 0.780. The van der Waals surface area contributed by atoms with Crippen molar-refractivity contribution in [1.29, 1.82) is 0 Å². The van der Waals surface area contributed by atoms with Gasteiger partial charge in [0.1, 0.15) is 0 Å². The topological polar surface area (TPSA) is 49.3 Å². The van der Waals surface area contributed by atoms with Crippen molar-refractivity contribution >= 4 is 28.6 Å². The number of thiazole rings is 1. The number of aromatic nitrogens is 1. The van der Waals surface area contributed by atoms with Gasteiger partial charge in [0.15, 0.2) is 5.96 Å². The molecule has 0 bridgehead atoms. The molecule has 0 radical (unpaired) electrons. The number of thiophene rings is 1. The zero-order valence-electron chi connectivity index (χ0n) is 12.7. The molecule has 6 heteroatoms. The maximum Gasteiger partial charge on any atom is 0.191 e. The van der Waals surface area contributed by atoms with Crippen LogP contribution in [0.5, 0.6) is 0 Å². The molecular formula is C15H22N4S2. The number of nitrogens with zero attached hydrogens (tertiary/aromatic N) is 2. The van der Waals surface area contributed by atoms with Crippen molar-refractivity contribution in [2.24, 2.45) is 4.99 Å². The summed E-state index contributed by atoms with van der Waals surface area (Å²) in [5.74, 6) is 1.35. The molecule has 2 aromatic heterocycles. The highest BCUT2D eigenvalue weighted by Crippen LogP contribution is 2.19. The summed E-state index contributed by atoms with van der Waals surface area (Å²) in [6.45, 7) is 6.01. The summed E-state index contributed by atoms with van der Waals surface area (Å²) in [6, 6.07) is 4.18. The van der Waals surface area contributed by atoms with Crippen LogP contribution in [0.4, 0.5) is 0 Å². The first-order chi connectivity index (χ1) is 10.2. The molecule has 0 aromatic carbocycles. The Morgan fingerprint density at radius 3 is 2.81 bits per heavy atom. The van der Waals surface area contributed by atoms with Gasteiger partial charge >= 0.3 is 0 Å². The third kappa shape index (κ3) is 5.13. The molecule has 2 N–H and O–H groups in total. The van der Waals surface area contributed by atoms with Gasteiger partial charge in [-0.05, 0) is 11.4 Å². The minimum Gasteiger partial charge on any atom is -0.356 e. The first-order valence-electron chi connectivity index (χ1n) is 7.10. The van der Waals surface area contributed by atoms with Gasteiger partial charge < -0.3 is 10.6 Å². The Hall–Kier alpha value is -1.40. The molecule has 0 aliphatic rings. The molecule has 0 aliphatic carbocycles. The molecule has 21 heavy (non-hydrogen) atoms. The molecule has 2 aromatic rings. The second kappa shape index (κ2) is 8.14. The Bertz CT molecular complexity index is 558. The normalized spacial score (nSPS) is 11.9. The van der Waals surface area contributed by atoms with Gasteiger partial charge in [0.25, 0.3) is 0 Å². The average Bonchev–Trinajstić information content (AvgIpc) is 3.13. The maximum absolute atomic E-state index is 4.64. The number of hydrogen-bond donors (Lipinski definition) is 2. The van der Waals surface area contributed by atoms with Crippen molar-refractivity contribution in [2.75, 3.05) is 13.6 Å². The summed E-state index contributed by atoms with van der Waals surface area (Å²) in [5.41, 5.74) is 1.16. The highest BCUT2D eigenvalue weighted by Gasteiger charge is 2.06. The number of hydrogen-bond acceptors (Lipinski definition) is 4. The molecule has 0 atom stereocenters. The lowest BCUT2D eigenvalue weighted by Gasteiger charge is -2.10. The molecule has 0 saturated carbocycles. The summed E-state index contributed by atoms with van der Waals surface area (Å²) in [4.78, 5) is 10.2. The lowest BCUT2D eigenvalue weighted by Crippen LogP contribution is -2.37. The van der Waals surface area contributed by atoms with Crippen molar-refractivity contribution in [1.82, 2.24) is 15.6 Å². The Morgan fingerprint density at radius 1 is 1.33 bits per heavy atom. The quantitative estimate of drug-likeness (QED) is 0.634. The van der Waals surface area contributed by atoms with E-state index in [2.05, 4.69) is 57.4 Å². The fourth-order valence-corrected chi connectivity index (χ4v) is 3.33. The fraction of sp³-hybridized carbons (Fsp3) is 0.467. The second-order valence-electron chi connectivity index (χ2n) is 5.01. The maximum atomic E-state index is 4.64. The first-order valence-corrected chi connectivity index (χ1v) is 8.86. The van der Waals surface area contributed by atoms with Gasteiger partial charge in [-0.3, -0.25) is 4.99 Å². The summed E-state index contributed by atoms with van der Waals surface area (Å²) < 4.78 is 0. The number of aliphatic imine (C=N–C) groups is 1. The molecule has 114 valence electrons. The Kier molecular flexibility index (Phi) is 6.20. The smallest absolute Gasteiger partial charge is 0.191 e. The Labute approximate surface area is 134 Å². The van der Waals surface area contributed by atoms with E-state index in [1.807, 2.05) is 0 Å². The summed E-state index contributed by atoms with van der Waals surface area (Å²) in [7, 11) is 1.80. The summed E-state index contributed by atoms with van der Waals surface area (Å²) in [5, 5.41) is 12.1. The average molecular weight is 323 g/mol. The monoisotopic (exact) mass is 322 g/mol. The van der Waals surface area contributed by atoms with Crippen LogP contribution in [-0.4, -0.2) is 24.5 Å². The Morgan fingerprint density at radius 2 is 2.19 bits per heavy atom. The van der Waals surface area contributed by atoms with Crippen LogP contribution in [0, 0.1) is 0 Å². The summed E-state index contributed by atoms with van der Waals surface area (Å²) >= 11 is 3.49. The predicted molar refractivity (Wildman–Crippen MR) is 92.4 cm³/mol. The van der Waals surface area contributed by atoms with Gasteiger partial charge in [-0.1, -0.05) is 19.9 Å². The molecule has 0 amide bonds. The molecule has 0 unspecified atom stereocenters. The van der Waals surface area contributed by atoms with Crippen molar-refractivity contribution in [3.63, 3.8) is 0 Å². The van der Waals surface area contributed by atoms with Gasteiger partial charge in [-0.15, -0.1) is 22.7 Å². The lowest BCUT2D eigenvalue weighted by atomic mass is 10.2. The standard InChI is InChI=1S/C15H22N4S2/c1-11(2)14-19-12(10-21-14)6-7-17-15(16-3)18-9-13-5-4-8-20-13/h4-5,8,10-11H,6-7,9H2,1-3H3,(H2,16,17,18). The van der Waals surface area contributed by atoms with Crippen molar-refractivity contribution in [3.05, 3.63) is 38.5 Å². The van der Waals surface area contributed by atoms with E-state index >= 15 is 0 Å². The largest absolute Gasteiger partial charge is 0.356 e. The number of nitrogens with one attached hydrogen (secondary N) is 2. The van der Waals surface area contributed by atoms with E-state index in [1.165, 1.54) is 9.88 Å². The SMILES string of the molecule is CN=C(NCCc1csc(C(C)C)n1)NCc1cccs1. The molecule has 0 fully saturated rings. The van der Waals surface area contributed by atoms with Gasteiger partial charge in [-0.2, -0.15) is 0 Å². The predicted octanol–water partition coefficient (Wildman–Crippen LogP) is 3.24. The summed E-state index contributed by atoms with van der Waals surface area (Å²) in [6.07, 6.45) is 0.920. The molecular weight excluding hydrogens is 300 g/mol. The van der Waals surface area contributed by atoms with Gasteiger partial charge in [0.05, 0.1) is 17.2 Å². The molecule has 4 nitrogen and oxygen atoms in total. The minimum absolute atomic E-state index is 0.511. The third-order valence-electron chi connectivity index (χ3n) is 2.97. The van der Waals surface area contributed by atoms with Crippen LogP contribution in [0.2, 0.25) is 0 Å². The number of guanidine groups is 1. The van der Waals surface area contributed by atoms with Crippen LogP contribution in [0.1, 0.15) is 35.3 Å². The Balaban J connectivity index is 1.72. The van der Waals surface area contributed by atoms with E-state index in [1.54, 1.807) is 29.7 Å². The highest BCUT2D eigenvalue weighted by atomic mass is 32.1. The van der Waals surface area contributed by atoms with E-state index in [-0.39, 0.29) is 0 Å². The third-order valence-corrected chi connectivity index (χ3v) is 5.04. The van der Waals surface area contributed by atoms with Crippen LogP contribution in [-0.2, 0) is 13.0 Å². The zero-order chi connectivity index (χ0) is 15.1.